The molecule has 3 N–H and O–H groups in total. The molecule has 0 unspecified atom stereocenters. The molecule has 0 spiro atoms. The van der Waals surface area contributed by atoms with E-state index in [1.807, 2.05) is 12.1 Å². The minimum absolute atomic E-state index is 0.0658. The predicted molar refractivity (Wildman–Crippen MR) is 135 cm³/mol. The molecule has 0 fully saturated rings. The summed E-state index contributed by atoms with van der Waals surface area (Å²) in [6.07, 6.45) is 0. The number of benzene rings is 2. The van der Waals surface area contributed by atoms with E-state index in [9.17, 15) is 23.6 Å². The number of amides is 3. The molecule has 1 aliphatic rings. The number of anilines is 2. The molecule has 12 heteroatoms. The van der Waals surface area contributed by atoms with Crippen LogP contribution in [0.1, 0.15) is 46.2 Å². The molecule has 10 nitrogen and oxygen atoms in total. The molecule has 2 aromatic carbocycles. The summed E-state index contributed by atoms with van der Waals surface area (Å²) in [5.74, 6) is -2.99. The van der Waals surface area contributed by atoms with Crippen LogP contribution < -0.4 is 16.0 Å². The Morgan fingerprint density at radius 2 is 1.92 bits per heavy atom. The van der Waals surface area contributed by atoms with Crippen molar-refractivity contribution in [3.05, 3.63) is 71.1 Å². The van der Waals surface area contributed by atoms with Crippen molar-refractivity contribution in [3.63, 3.8) is 0 Å². The highest BCUT2D eigenvalue weighted by molar-refractivity contribution is 7.13. The Hall–Kier alpha value is -4.45. The molecule has 1 aliphatic heterocycles. The maximum absolute atomic E-state index is 14.3. The number of carbonyl (C=O) groups is 4. The first-order chi connectivity index (χ1) is 17.6. The van der Waals surface area contributed by atoms with Gasteiger partial charge in [0.15, 0.2) is 5.82 Å². The zero-order chi connectivity index (χ0) is 26.5. The number of carbonyl (C=O) groups excluding carboxylic acids is 4. The maximum Gasteiger partial charge on any atom is 0.287 e. The Labute approximate surface area is 214 Å². The van der Waals surface area contributed by atoms with Crippen molar-refractivity contribution in [3.8, 4) is 0 Å². The van der Waals surface area contributed by atoms with Crippen LogP contribution in [0.25, 0.3) is 10.1 Å². The van der Waals surface area contributed by atoms with Gasteiger partial charge in [0, 0.05) is 18.1 Å². The summed E-state index contributed by atoms with van der Waals surface area (Å²) < 4.78 is 20.7. The highest BCUT2D eigenvalue weighted by Gasteiger charge is 2.49. The molecular formula is C25H21FN6O4S. The summed E-state index contributed by atoms with van der Waals surface area (Å²) in [5.41, 5.74) is -0.745. The standard InChI is InChI=1S/C25H21FN6O4S/c1-12(33)11-32-19(25(2)15-10-13(26)8-9-16(15)28-24(25)36)20(29-21(32)23(35)27-3)30-22(34)18-14-6-4-5-7-17(14)37-31-18/h4-10H,11H2,1-3H3,(H,27,35)(H,28,36)(H,30,34)/t25-/m1/s1. The van der Waals surface area contributed by atoms with Crippen LogP contribution in [-0.2, 0) is 21.5 Å². The van der Waals surface area contributed by atoms with E-state index in [1.165, 1.54) is 43.7 Å². The third kappa shape index (κ3) is 3.85. The lowest BCUT2D eigenvalue weighted by molar-refractivity contribution is -0.120. The minimum Gasteiger partial charge on any atom is -0.352 e. The van der Waals surface area contributed by atoms with Gasteiger partial charge in [-0.05, 0) is 55.2 Å². The highest BCUT2D eigenvalue weighted by atomic mass is 32.1. The van der Waals surface area contributed by atoms with Crippen LogP contribution in [0.3, 0.4) is 0 Å². The number of nitrogens with one attached hydrogen (secondary N) is 3. The molecule has 0 saturated carbocycles. The van der Waals surface area contributed by atoms with Gasteiger partial charge in [0.05, 0.1) is 16.9 Å². The first-order valence-corrected chi connectivity index (χ1v) is 12.0. The van der Waals surface area contributed by atoms with Gasteiger partial charge in [0.2, 0.25) is 11.7 Å². The van der Waals surface area contributed by atoms with E-state index in [4.69, 9.17) is 0 Å². The predicted octanol–water partition coefficient (Wildman–Crippen LogP) is 3.09. The fraction of sp³-hybridized carbons (Fsp3) is 0.200. The van der Waals surface area contributed by atoms with Crippen molar-refractivity contribution < 1.29 is 23.6 Å². The Kier molecular flexibility index (Phi) is 5.83. The summed E-state index contributed by atoms with van der Waals surface area (Å²) in [4.78, 5) is 56.2. The van der Waals surface area contributed by atoms with Crippen LogP contribution >= 0.6 is 11.5 Å². The van der Waals surface area contributed by atoms with E-state index in [2.05, 4.69) is 25.3 Å². The van der Waals surface area contributed by atoms with Gasteiger partial charge < -0.3 is 20.5 Å². The number of hydrogen-bond donors (Lipinski definition) is 3. The smallest absolute Gasteiger partial charge is 0.287 e. The van der Waals surface area contributed by atoms with Crippen LogP contribution in [-0.4, -0.2) is 44.5 Å². The number of ketones is 1. The Morgan fingerprint density at radius 1 is 1.16 bits per heavy atom. The molecule has 4 aromatic rings. The lowest BCUT2D eigenvalue weighted by atomic mass is 9.80. The highest BCUT2D eigenvalue weighted by Crippen LogP contribution is 2.46. The van der Waals surface area contributed by atoms with Gasteiger partial charge in [-0.15, -0.1) is 0 Å². The van der Waals surface area contributed by atoms with Gasteiger partial charge in [0.1, 0.15) is 22.7 Å². The Morgan fingerprint density at radius 3 is 2.65 bits per heavy atom. The molecule has 2 aromatic heterocycles. The van der Waals surface area contributed by atoms with Crippen molar-refractivity contribution in [2.45, 2.75) is 25.8 Å². The monoisotopic (exact) mass is 520 g/mol. The number of Topliss-reactive ketones (excluding diaryl/α,β-unsaturated/α-hetero) is 1. The first-order valence-electron chi connectivity index (χ1n) is 11.2. The maximum atomic E-state index is 14.3. The minimum atomic E-state index is -1.60. The summed E-state index contributed by atoms with van der Waals surface area (Å²) in [7, 11) is 1.39. The number of hydrogen-bond acceptors (Lipinski definition) is 7. The van der Waals surface area contributed by atoms with E-state index < -0.39 is 29.0 Å². The quantitative estimate of drug-likeness (QED) is 0.358. The van der Waals surface area contributed by atoms with E-state index in [0.29, 0.717) is 11.1 Å². The zero-order valence-corrected chi connectivity index (χ0v) is 20.8. The second-order valence-corrected chi connectivity index (χ2v) is 9.56. The van der Waals surface area contributed by atoms with Gasteiger partial charge >= 0.3 is 0 Å². The second kappa shape index (κ2) is 8.89. The molecule has 0 radical (unpaired) electrons. The van der Waals surface area contributed by atoms with Crippen LogP contribution in [0.2, 0.25) is 0 Å². The average Bonchev–Trinajstić information content (AvgIpc) is 3.52. The molecule has 0 aliphatic carbocycles. The zero-order valence-electron chi connectivity index (χ0n) is 20.0. The van der Waals surface area contributed by atoms with Crippen molar-refractivity contribution in [2.75, 3.05) is 17.7 Å². The summed E-state index contributed by atoms with van der Waals surface area (Å²) in [5, 5.41) is 8.51. The molecular weight excluding hydrogens is 499 g/mol. The first kappa shape index (κ1) is 24.3. The molecule has 3 amide bonds. The largest absolute Gasteiger partial charge is 0.352 e. The normalized spacial score (nSPS) is 16.4. The molecule has 0 bridgehead atoms. The second-order valence-electron chi connectivity index (χ2n) is 8.75. The van der Waals surface area contributed by atoms with Gasteiger partial charge in [-0.25, -0.2) is 9.37 Å². The summed E-state index contributed by atoms with van der Waals surface area (Å²) in [6, 6.07) is 11.0. The number of nitrogens with zero attached hydrogens (tertiary/aromatic N) is 3. The molecule has 3 heterocycles. The van der Waals surface area contributed by atoms with Crippen LogP contribution in [0.5, 0.6) is 0 Å². The van der Waals surface area contributed by atoms with E-state index in [0.717, 1.165) is 16.2 Å². The third-order valence-corrected chi connectivity index (χ3v) is 7.13. The Balaban J connectivity index is 1.73. The number of rotatable bonds is 6. The molecule has 1 atom stereocenters. The van der Waals surface area contributed by atoms with Gasteiger partial charge in [-0.3, -0.25) is 19.2 Å². The van der Waals surface area contributed by atoms with Crippen LogP contribution in [0, 0.1) is 5.82 Å². The fourth-order valence-corrected chi connectivity index (χ4v) is 5.34. The van der Waals surface area contributed by atoms with Crippen LogP contribution in [0.15, 0.2) is 42.5 Å². The van der Waals surface area contributed by atoms with Crippen molar-refractivity contribution in [2.24, 2.45) is 0 Å². The van der Waals surface area contributed by atoms with Crippen molar-refractivity contribution in [1.82, 2.24) is 19.2 Å². The van der Waals surface area contributed by atoms with Gasteiger partial charge in [0.25, 0.3) is 11.8 Å². The number of fused-ring (bicyclic) bond motifs is 2. The van der Waals surface area contributed by atoms with Gasteiger partial charge in [-0.1, -0.05) is 18.2 Å². The fourth-order valence-electron chi connectivity index (χ4n) is 4.57. The third-order valence-electron chi connectivity index (χ3n) is 6.30. The van der Waals surface area contributed by atoms with E-state index >= 15 is 0 Å². The van der Waals surface area contributed by atoms with Crippen LogP contribution in [0.4, 0.5) is 15.9 Å². The Bertz CT molecular complexity index is 1630. The molecule has 188 valence electrons. The number of aromatic nitrogens is 3. The summed E-state index contributed by atoms with van der Waals surface area (Å²) >= 11 is 1.15. The van der Waals surface area contributed by atoms with Crippen molar-refractivity contribution in [1.29, 1.82) is 0 Å². The molecule has 37 heavy (non-hydrogen) atoms. The van der Waals surface area contributed by atoms with Gasteiger partial charge in [-0.2, -0.15) is 4.37 Å². The van der Waals surface area contributed by atoms with E-state index in [1.54, 1.807) is 12.1 Å². The SMILES string of the molecule is CNC(=O)c1nc(NC(=O)c2nsc3ccccc23)c([C@]2(C)C(=O)Nc3ccc(F)cc32)n1CC(C)=O. The number of halogens is 1. The van der Waals surface area contributed by atoms with Crippen molar-refractivity contribution >= 4 is 56.6 Å². The van der Waals surface area contributed by atoms with E-state index in [-0.39, 0.29) is 40.9 Å². The average molecular weight is 521 g/mol. The molecule has 5 rings (SSSR count). The topological polar surface area (TPSA) is 135 Å². The lowest BCUT2D eigenvalue weighted by Crippen LogP contribution is -2.37. The number of imidazole rings is 1. The summed E-state index contributed by atoms with van der Waals surface area (Å²) in [6.45, 7) is 2.54. The molecule has 0 saturated heterocycles. The lowest BCUT2D eigenvalue weighted by Gasteiger charge is -2.25.